The number of Topliss-reactive ketones (excluding diaryl/α,β-unsaturated/α-hetero) is 2. The maximum Gasteiger partial charge on any atom is 0.166 e. The van der Waals surface area contributed by atoms with Crippen molar-refractivity contribution in [3.8, 4) is 5.75 Å². The van der Waals surface area contributed by atoms with Crippen molar-refractivity contribution in [3.05, 3.63) is 35.4 Å². The zero-order valence-corrected chi connectivity index (χ0v) is 9.48. The van der Waals surface area contributed by atoms with Gasteiger partial charge in [0.05, 0.1) is 5.57 Å². The van der Waals surface area contributed by atoms with Gasteiger partial charge in [-0.05, 0) is 36.6 Å². The van der Waals surface area contributed by atoms with Crippen molar-refractivity contribution in [3.63, 3.8) is 0 Å². The third-order valence-electron chi connectivity index (χ3n) is 2.86. The molecule has 3 nitrogen and oxygen atoms in total. The highest BCUT2D eigenvalue weighted by molar-refractivity contribution is 6.23. The van der Waals surface area contributed by atoms with Gasteiger partial charge < -0.3 is 5.11 Å². The summed E-state index contributed by atoms with van der Waals surface area (Å²) in [6.45, 7) is 0. The first-order chi connectivity index (χ1) is 8.16. The molecule has 0 atom stereocenters. The fourth-order valence-electron chi connectivity index (χ4n) is 1.89. The minimum atomic E-state index is -0.0689. The van der Waals surface area contributed by atoms with Gasteiger partial charge in [-0.25, -0.2) is 0 Å². The standard InChI is InChI=1S/C14H14O3/c15-11-7-5-10(6-8-11)9-12-13(16)3-1-2-4-14(12)17/h5-9,15H,1-4H2. The van der Waals surface area contributed by atoms with Crippen LogP contribution in [0, 0.1) is 0 Å². The summed E-state index contributed by atoms with van der Waals surface area (Å²) in [6.07, 6.45) is 4.11. The van der Waals surface area contributed by atoms with Crippen LogP contribution in [0.5, 0.6) is 5.75 Å². The number of carbonyl (C=O) groups excluding carboxylic acids is 2. The van der Waals surface area contributed by atoms with Crippen molar-refractivity contribution >= 4 is 17.6 Å². The predicted molar refractivity (Wildman–Crippen MR) is 64.6 cm³/mol. The van der Waals surface area contributed by atoms with Crippen molar-refractivity contribution in [2.24, 2.45) is 0 Å². The molecule has 0 radical (unpaired) electrons. The van der Waals surface area contributed by atoms with Crippen molar-refractivity contribution in [2.75, 3.05) is 0 Å². The first-order valence-corrected chi connectivity index (χ1v) is 5.74. The smallest absolute Gasteiger partial charge is 0.166 e. The van der Waals surface area contributed by atoms with Crippen molar-refractivity contribution in [1.29, 1.82) is 0 Å². The highest BCUT2D eigenvalue weighted by atomic mass is 16.3. The highest BCUT2D eigenvalue weighted by Crippen LogP contribution is 2.20. The van der Waals surface area contributed by atoms with Gasteiger partial charge in [0.1, 0.15) is 5.75 Å². The quantitative estimate of drug-likeness (QED) is 0.458. The lowest BCUT2D eigenvalue weighted by Crippen LogP contribution is -2.09. The van der Waals surface area contributed by atoms with Crippen LogP contribution >= 0.6 is 0 Å². The van der Waals surface area contributed by atoms with Crippen LogP contribution < -0.4 is 0 Å². The van der Waals surface area contributed by atoms with Crippen molar-refractivity contribution in [1.82, 2.24) is 0 Å². The van der Waals surface area contributed by atoms with Gasteiger partial charge in [0.15, 0.2) is 11.6 Å². The summed E-state index contributed by atoms with van der Waals surface area (Å²) < 4.78 is 0. The summed E-state index contributed by atoms with van der Waals surface area (Å²) in [5.74, 6) is 0.0341. The first kappa shape index (κ1) is 11.6. The monoisotopic (exact) mass is 230 g/mol. The average molecular weight is 230 g/mol. The Kier molecular flexibility index (Phi) is 3.38. The molecule has 0 spiro atoms. The normalized spacial score (nSPS) is 16.8. The maximum atomic E-state index is 11.8. The van der Waals surface area contributed by atoms with E-state index in [1.807, 2.05) is 0 Å². The Bertz CT molecular complexity index is 449. The molecular weight excluding hydrogens is 216 g/mol. The topological polar surface area (TPSA) is 54.4 Å². The van der Waals surface area contributed by atoms with Gasteiger partial charge in [0.25, 0.3) is 0 Å². The average Bonchev–Trinajstić information content (AvgIpc) is 2.47. The predicted octanol–water partition coefficient (Wildman–Crippen LogP) is 2.49. The van der Waals surface area contributed by atoms with E-state index in [9.17, 15) is 9.59 Å². The number of hydrogen-bond donors (Lipinski definition) is 1. The second-order valence-corrected chi connectivity index (χ2v) is 4.20. The summed E-state index contributed by atoms with van der Waals surface area (Å²) in [6, 6.07) is 6.46. The lowest BCUT2D eigenvalue weighted by atomic mass is 10.0. The molecule has 1 N–H and O–H groups in total. The maximum absolute atomic E-state index is 11.8. The Morgan fingerprint density at radius 1 is 0.941 bits per heavy atom. The Morgan fingerprint density at radius 3 is 2.00 bits per heavy atom. The molecule has 0 saturated heterocycles. The van der Waals surface area contributed by atoms with E-state index in [2.05, 4.69) is 0 Å². The van der Waals surface area contributed by atoms with Gasteiger partial charge >= 0.3 is 0 Å². The van der Waals surface area contributed by atoms with Crippen LogP contribution in [-0.2, 0) is 9.59 Å². The molecule has 0 bridgehead atoms. The number of allylic oxidation sites excluding steroid dienone is 1. The summed E-state index contributed by atoms with van der Waals surface area (Å²) >= 11 is 0. The SMILES string of the molecule is O=C1CCCCC(=O)C1=Cc1ccc(O)cc1. The number of phenols is 1. The Balaban J connectivity index is 2.32. The third kappa shape index (κ3) is 2.81. The number of phenolic OH excluding ortho intramolecular Hbond substituents is 1. The summed E-state index contributed by atoms with van der Waals surface area (Å²) in [4.78, 5) is 23.5. The van der Waals surface area contributed by atoms with Gasteiger partial charge in [-0.3, -0.25) is 9.59 Å². The Hall–Kier alpha value is -1.90. The molecule has 88 valence electrons. The van der Waals surface area contributed by atoms with E-state index in [1.54, 1.807) is 18.2 Å². The molecule has 17 heavy (non-hydrogen) atoms. The molecule has 0 unspecified atom stereocenters. The molecular formula is C14H14O3. The minimum Gasteiger partial charge on any atom is -0.508 e. The Labute approximate surface area is 99.8 Å². The van der Waals surface area contributed by atoms with Crippen LogP contribution in [-0.4, -0.2) is 16.7 Å². The number of carbonyl (C=O) groups is 2. The number of benzene rings is 1. The van der Waals surface area contributed by atoms with E-state index in [0.29, 0.717) is 18.4 Å². The first-order valence-electron chi connectivity index (χ1n) is 5.74. The second kappa shape index (κ2) is 4.95. The molecule has 0 amide bonds. The highest BCUT2D eigenvalue weighted by Gasteiger charge is 2.20. The molecule has 0 aliphatic heterocycles. The van der Waals surface area contributed by atoms with Gasteiger partial charge in [-0.2, -0.15) is 0 Å². The van der Waals surface area contributed by atoms with Gasteiger partial charge in [-0.1, -0.05) is 12.1 Å². The molecule has 1 aliphatic rings. The van der Waals surface area contributed by atoms with Crippen LogP contribution in [0.25, 0.3) is 6.08 Å². The van der Waals surface area contributed by atoms with Crippen molar-refractivity contribution in [2.45, 2.75) is 25.7 Å². The summed E-state index contributed by atoms with van der Waals surface area (Å²) in [5.41, 5.74) is 1.06. The lowest BCUT2D eigenvalue weighted by Gasteiger charge is -2.01. The number of ketones is 2. The van der Waals surface area contributed by atoms with Crippen LogP contribution in [0.4, 0.5) is 0 Å². The lowest BCUT2D eigenvalue weighted by molar-refractivity contribution is -0.120. The van der Waals surface area contributed by atoms with Crippen molar-refractivity contribution < 1.29 is 14.7 Å². The molecule has 1 saturated carbocycles. The second-order valence-electron chi connectivity index (χ2n) is 4.20. The van der Waals surface area contributed by atoms with E-state index >= 15 is 0 Å². The fourth-order valence-corrected chi connectivity index (χ4v) is 1.89. The van der Waals surface area contributed by atoms with Crippen LogP contribution in [0.15, 0.2) is 29.8 Å². The fraction of sp³-hybridized carbons (Fsp3) is 0.286. The molecule has 1 aliphatic carbocycles. The van der Waals surface area contributed by atoms with E-state index in [-0.39, 0.29) is 17.3 Å². The number of aromatic hydroxyl groups is 1. The molecule has 3 heteroatoms. The largest absolute Gasteiger partial charge is 0.508 e. The number of rotatable bonds is 1. The molecule has 2 rings (SSSR count). The van der Waals surface area contributed by atoms with Crippen LogP contribution in [0.3, 0.4) is 0 Å². The van der Waals surface area contributed by atoms with Gasteiger partial charge in [-0.15, -0.1) is 0 Å². The Morgan fingerprint density at radius 2 is 1.47 bits per heavy atom. The van der Waals surface area contributed by atoms with Crippen LogP contribution in [0.1, 0.15) is 31.2 Å². The zero-order chi connectivity index (χ0) is 12.3. The number of hydrogen-bond acceptors (Lipinski definition) is 3. The van der Waals surface area contributed by atoms with Gasteiger partial charge in [0, 0.05) is 12.8 Å². The summed E-state index contributed by atoms with van der Waals surface area (Å²) in [5, 5.41) is 9.16. The van der Waals surface area contributed by atoms with E-state index in [1.165, 1.54) is 12.1 Å². The van der Waals surface area contributed by atoms with E-state index in [4.69, 9.17) is 5.11 Å². The summed E-state index contributed by atoms with van der Waals surface area (Å²) in [7, 11) is 0. The van der Waals surface area contributed by atoms with E-state index in [0.717, 1.165) is 18.4 Å². The molecule has 0 aromatic heterocycles. The van der Waals surface area contributed by atoms with Crippen LogP contribution in [0.2, 0.25) is 0 Å². The third-order valence-corrected chi connectivity index (χ3v) is 2.86. The van der Waals surface area contributed by atoms with E-state index < -0.39 is 0 Å². The zero-order valence-electron chi connectivity index (χ0n) is 9.48. The molecule has 0 heterocycles. The molecule has 1 fully saturated rings. The minimum absolute atomic E-state index is 0.0689. The van der Waals surface area contributed by atoms with Gasteiger partial charge in [0.2, 0.25) is 0 Å². The molecule has 1 aromatic rings. The molecule has 1 aromatic carbocycles.